The van der Waals surface area contributed by atoms with E-state index in [9.17, 15) is 13.2 Å². The Morgan fingerprint density at radius 3 is 2.48 bits per heavy atom. The molecule has 3 aromatic rings. The fraction of sp³-hybridized carbons (Fsp3) is 0.304. The van der Waals surface area contributed by atoms with Gasteiger partial charge < -0.3 is 9.64 Å². The maximum atomic E-state index is 13.1. The number of benzene rings is 1. The van der Waals surface area contributed by atoms with Crippen molar-refractivity contribution in [1.29, 1.82) is 0 Å². The van der Waals surface area contributed by atoms with Crippen molar-refractivity contribution in [3.8, 4) is 0 Å². The number of hydrogen-bond donors (Lipinski definition) is 0. The Hall–Kier alpha value is -3.13. The molecule has 0 atom stereocenters. The smallest absolute Gasteiger partial charge is 0.410 e. The number of fused-ring (bicyclic) bond motifs is 1. The first-order valence-electron chi connectivity index (χ1n) is 10.1. The van der Waals surface area contributed by atoms with Crippen LogP contribution in [0.25, 0.3) is 16.6 Å². The lowest BCUT2D eigenvalue weighted by molar-refractivity contribution is 0.0270. The second-order valence-corrected chi connectivity index (χ2v) is 10.2. The van der Waals surface area contributed by atoms with Crippen molar-refractivity contribution in [1.82, 2.24) is 13.9 Å². The largest absolute Gasteiger partial charge is 0.444 e. The number of pyridine rings is 1. The Kier molecular flexibility index (Phi) is 5.35. The van der Waals surface area contributed by atoms with Crippen molar-refractivity contribution < 1.29 is 17.9 Å². The SMILES string of the molecule is CC(C)(C)OC(=O)N1CC=C(c2ccnc3c2ccn3S(=O)(=O)c2ccccc2)CC1. The number of aromatic nitrogens is 2. The number of ether oxygens (including phenoxy) is 1. The van der Waals surface area contributed by atoms with Crippen LogP contribution in [0.5, 0.6) is 0 Å². The van der Waals surface area contributed by atoms with Crippen LogP contribution >= 0.6 is 0 Å². The van der Waals surface area contributed by atoms with Gasteiger partial charge in [0.2, 0.25) is 0 Å². The number of hydrogen-bond acceptors (Lipinski definition) is 5. The number of carbonyl (C=O) groups excluding carboxylic acids is 1. The Morgan fingerprint density at radius 1 is 1.10 bits per heavy atom. The van der Waals surface area contributed by atoms with Gasteiger partial charge in [-0.25, -0.2) is 22.2 Å². The lowest BCUT2D eigenvalue weighted by Crippen LogP contribution is -2.39. The summed E-state index contributed by atoms with van der Waals surface area (Å²) in [6.07, 6.45) is 5.47. The minimum absolute atomic E-state index is 0.213. The lowest BCUT2D eigenvalue weighted by Gasteiger charge is -2.29. The molecule has 1 aliphatic rings. The molecule has 1 aromatic carbocycles. The molecule has 3 heterocycles. The maximum Gasteiger partial charge on any atom is 0.410 e. The van der Waals surface area contributed by atoms with Crippen LogP contribution in [0.1, 0.15) is 32.8 Å². The quantitative estimate of drug-likeness (QED) is 0.608. The summed E-state index contributed by atoms with van der Waals surface area (Å²) in [4.78, 5) is 18.5. The highest BCUT2D eigenvalue weighted by Gasteiger charge is 2.25. The first-order valence-corrected chi connectivity index (χ1v) is 11.5. The van der Waals surface area contributed by atoms with Crippen molar-refractivity contribution in [2.45, 2.75) is 37.7 Å². The minimum Gasteiger partial charge on any atom is -0.444 e. The zero-order chi connectivity index (χ0) is 22.2. The van der Waals surface area contributed by atoms with E-state index in [1.165, 1.54) is 3.97 Å². The molecule has 7 nitrogen and oxygen atoms in total. The van der Waals surface area contributed by atoms with Crippen LogP contribution in [0.4, 0.5) is 4.79 Å². The zero-order valence-electron chi connectivity index (χ0n) is 17.8. The second kappa shape index (κ2) is 7.85. The summed E-state index contributed by atoms with van der Waals surface area (Å²) in [5, 5.41) is 0.763. The van der Waals surface area contributed by atoms with Crippen molar-refractivity contribution in [2.24, 2.45) is 0 Å². The summed E-state index contributed by atoms with van der Waals surface area (Å²) in [5.74, 6) is 0. The molecule has 2 aromatic heterocycles. The molecule has 0 aliphatic carbocycles. The molecule has 0 saturated carbocycles. The van der Waals surface area contributed by atoms with Gasteiger partial charge >= 0.3 is 6.09 Å². The molecule has 31 heavy (non-hydrogen) atoms. The normalized spacial score (nSPS) is 15.1. The van der Waals surface area contributed by atoms with E-state index in [1.54, 1.807) is 53.7 Å². The fourth-order valence-electron chi connectivity index (χ4n) is 3.60. The van der Waals surface area contributed by atoms with Crippen LogP contribution in [0.2, 0.25) is 0 Å². The molecule has 4 rings (SSSR count). The summed E-state index contributed by atoms with van der Waals surface area (Å²) in [6, 6.07) is 12.0. The van der Waals surface area contributed by atoms with E-state index < -0.39 is 15.6 Å². The molecule has 0 N–H and O–H groups in total. The first kappa shape index (κ1) is 21.1. The van der Waals surface area contributed by atoms with E-state index in [0.717, 1.165) is 16.5 Å². The van der Waals surface area contributed by atoms with E-state index in [2.05, 4.69) is 4.98 Å². The molecular formula is C23H25N3O4S. The number of rotatable bonds is 3. The van der Waals surface area contributed by atoms with Gasteiger partial charge in [-0.2, -0.15) is 0 Å². The first-order chi connectivity index (χ1) is 14.7. The summed E-state index contributed by atoms with van der Waals surface area (Å²) < 4.78 is 32.8. The van der Waals surface area contributed by atoms with Crippen LogP contribution < -0.4 is 0 Å². The third-order valence-electron chi connectivity index (χ3n) is 5.06. The highest BCUT2D eigenvalue weighted by atomic mass is 32.2. The van der Waals surface area contributed by atoms with Crippen molar-refractivity contribution in [3.63, 3.8) is 0 Å². The summed E-state index contributed by atoms with van der Waals surface area (Å²) in [7, 11) is -3.74. The Morgan fingerprint density at radius 2 is 1.84 bits per heavy atom. The highest BCUT2D eigenvalue weighted by Crippen LogP contribution is 2.30. The average Bonchev–Trinajstić information content (AvgIpc) is 3.18. The van der Waals surface area contributed by atoms with Crippen molar-refractivity contribution in [2.75, 3.05) is 13.1 Å². The standard InChI is InChI=1S/C23H25N3O4S/c1-23(2,3)30-22(27)25-14-10-17(11-15-25)19-9-13-24-21-20(19)12-16-26(21)31(28,29)18-7-5-4-6-8-18/h4-10,12-13,16H,11,14-15H2,1-3H3. The predicted molar refractivity (Wildman–Crippen MR) is 119 cm³/mol. The van der Waals surface area contributed by atoms with Crippen LogP contribution in [-0.2, 0) is 14.8 Å². The van der Waals surface area contributed by atoms with Crippen LogP contribution in [0, 0.1) is 0 Å². The van der Waals surface area contributed by atoms with E-state index in [-0.39, 0.29) is 11.0 Å². The third-order valence-corrected chi connectivity index (χ3v) is 6.74. The molecule has 0 unspecified atom stereocenters. The van der Waals surface area contributed by atoms with Gasteiger partial charge in [-0.15, -0.1) is 0 Å². The van der Waals surface area contributed by atoms with Gasteiger partial charge in [0.1, 0.15) is 5.60 Å². The van der Waals surface area contributed by atoms with Gasteiger partial charge in [-0.3, -0.25) is 0 Å². The van der Waals surface area contributed by atoms with Gasteiger partial charge in [-0.05, 0) is 62.6 Å². The van der Waals surface area contributed by atoms with Crippen LogP contribution in [0.15, 0.2) is 65.8 Å². The molecule has 0 radical (unpaired) electrons. The van der Waals surface area contributed by atoms with Crippen LogP contribution in [-0.4, -0.2) is 47.1 Å². The van der Waals surface area contributed by atoms with E-state index in [1.807, 2.05) is 32.9 Å². The molecule has 0 spiro atoms. The Balaban J connectivity index is 1.65. The Labute approximate surface area is 182 Å². The summed E-state index contributed by atoms with van der Waals surface area (Å²) >= 11 is 0. The van der Waals surface area contributed by atoms with E-state index in [4.69, 9.17) is 4.74 Å². The monoisotopic (exact) mass is 439 g/mol. The fourth-order valence-corrected chi connectivity index (χ4v) is 4.92. The third kappa shape index (κ3) is 4.20. The number of amides is 1. The van der Waals surface area contributed by atoms with E-state index in [0.29, 0.717) is 25.2 Å². The summed E-state index contributed by atoms with van der Waals surface area (Å²) in [5.41, 5.74) is 1.83. The Bertz CT molecular complexity index is 1250. The molecule has 8 heteroatoms. The number of carbonyl (C=O) groups is 1. The van der Waals surface area contributed by atoms with Gasteiger partial charge in [0.25, 0.3) is 10.0 Å². The van der Waals surface area contributed by atoms with Gasteiger partial charge in [0.15, 0.2) is 5.65 Å². The van der Waals surface area contributed by atoms with Crippen LogP contribution in [0.3, 0.4) is 0 Å². The minimum atomic E-state index is -3.74. The number of nitrogens with zero attached hydrogens (tertiary/aromatic N) is 3. The van der Waals surface area contributed by atoms with Crippen molar-refractivity contribution >= 4 is 32.7 Å². The highest BCUT2D eigenvalue weighted by molar-refractivity contribution is 7.90. The molecule has 162 valence electrons. The maximum absolute atomic E-state index is 13.1. The molecule has 0 fully saturated rings. The van der Waals surface area contributed by atoms with Crippen molar-refractivity contribution in [3.05, 3.63) is 66.5 Å². The lowest BCUT2D eigenvalue weighted by atomic mass is 9.98. The van der Waals surface area contributed by atoms with Gasteiger partial charge in [-0.1, -0.05) is 24.3 Å². The summed E-state index contributed by atoms with van der Waals surface area (Å²) in [6.45, 7) is 6.51. The predicted octanol–water partition coefficient (Wildman–Crippen LogP) is 4.30. The topological polar surface area (TPSA) is 81.5 Å². The molecular weight excluding hydrogens is 414 g/mol. The molecule has 0 bridgehead atoms. The van der Waals surface area contributed by atoms with Gasteiger partial charge in [0.05, 0.1) is 4.90 Å². The zero-order valence-corrected chi connectivity index (χ0v) is 18.6. The molecule has 0 saturated heterocycles. The second-order valence-electron chi connectivity index (χ2n) is 8.43. The molecule has 1 amide bonds. The molecule has 1 aliphatic heterocycles. The van der Waals surface area contributed by atoms with Gasteiger partial charge in [0, 0.05) is 30.9 Å². The van der Waals surface area contributed by atoms with E-state index >= 15 is 0 Å². The average molecular weight is 440 g/mol.